The zero-order valence-electron chi connectivity index (χ0n) is 10.3. The summed E-state index contributed by atoms with van der Waals surface area (Å²) in [6.45, 7) is 8.90. The van der Waals surface area contributed by atoms with Crippen LogP contribution in [0, 0.1) is 11.8 Å². The average molecular weight is 198 g/mol. The van der Waals surface area contributed by atoms with Crippen molar-refractivity contribution in [3.05, 3.63) is 0 Å². The Kier molecular flexibility index (Phi) is 4.94. The highest BCUT2D eigenvalue weighted by Gasteiger charge is 2.31. The molecule has 0 aromatic carbocycles. The third-order valence-corrected chi connectivity index (χ3v) is 2.86. The summed E-state index contributed by atoms with van der Waals surface area (Å²) in [7, 11) is 0. The van der Waals surface area contributed by atoms with Crippen LogP contribution in [0.2, 0.25) is 0 Å². The first-order valence-corrected chi connectivity index (χ1v) is 6.25. The summed E-state index contributed by atoms with van der Waals surface area (Å²) in [5.74, 6) is 1.73. The molecule has 0 aromatic heterocycles. The molecule has 1 aliphatic carbocycles. The maximum Gasteiger partial charge on any atom is 0.0606 e. The van der Waals surface area contributed by atoms with Gasteiger partial charge >= 0.3 is 0 Å². The highest BCUT2D eigenvalue weighted by Crippen LogP contribution is 2.37. The highest BCUT2D eigenvalue weighted by atomic mass is 16.5. The van der Waals surface area contributed by atoms with E-state index in [4.69, 9.17) is 4.74 Å². The quantitative estimate of drug-likeness (QED) is 0.600. The van der Waals surface area contributed by atoms with Crippen LogP contribution in [0.1, 0.15) is 59.8 Å². The minimum atomic E-state index is 0.402. The lowest BCUT2D eigenvalue weighted by Crippen LogP contribution is -2.20. The number of ether oxygens (including phenoxy) is 1. The second-order valence-corrected chi connectivity index (χ2v) is 5.39. The summed E-state index contributed by atoms with van der Waals surface area (Å²) in [6, 6.07) is 0. The molecule has 0 spiro atoms. The van der Waals surface area contributed by atoms with Gasteiger partial charge in [0.15, 0.2) is 0 Å². The Balaban J connectivity index is 2.15. The van der Waals surface area contributed by atoms with Crippen LogP contribution in [0.15, 0.2) is 0 Å². The van der Waals surface area contributed by atoms with Gasteiger partial charge in [-0.3, -0.25) is 0 Å². The fourth-order valence-corrected chi connectivity index (χ4v) is 1.96. The summed E-state index contributed by atoms with van der Waals surface area (Å²) in [6.07, 6.45) is 7.74. The normalized spacial score (nSPS) is 19.3. The molecule has 1 atom stereocenters. The first-order valence-electron chi connectivity index (χ1n) is 6.25. The lowest BCUT2D eigenvalue weighted by atomic mass is 10.0. The smallest absolute Gasteiger partial charge is 0.0606 e. The lowest BCUT2D eigenvalue weighted by molar-refractivity contribution is -0.0110. The maximum atomic E-state index is 5.96. The first kappa shape index (κ1) is 12.0. The van der Waals surface area contributed by atoms with Crippen LogP contribution in [0.25, 0.3) is 0 Å². The van der Waals surface area contributed by atoms with Crippen molar-refractivity contribution in [3.8, 4) is 0 Å². The molecule has 14 heavy (non-hydrogen) atoms. The van der Waals surface area contributed by atoms with E-state index in [0.717, 1.165) is 11.8 Å². The highest BCUT2D eigenvalue weighted by molar-refractivity contribution is 4.82. The van der Waals surface area contributed by atoms with Crippen molar-refractivity contribution in [1.82, 2.24) is 0 Å². The molecule has 1 saturated carbocycles. The Morgan fingerprint density at radius 3 is 2.14 bits per heavy atom. The van der Waals surface area contributed by atoms with Gasteiger partial charge in [-0.2, -0.15) is 0 Å². The predicted octanol–water partition coefficient (Wildman–Crippen LogP) is 4.02. The van der Waals surface area contributed by atoms with Gasteiger partial charge < -0.3 is 4.74 Å². The van der Waals surface area contributed by atoms with Crippen molar-refractivity contribution in [3.63, 3.8) is 0 Å². The van der Waals surface area contributed by atoms with Crippen molar-refractivity contribution in [2.24, 2.45) is 11.8 Å². The van der Waals surface area contributed by atoms with Crippen molar-refractivity contribution in [2.45, 2.75) is 72.0 Å². The topological polar surface area (TPSA) is 9.23 Å². The van der Waals surface area contributed by atoms with Crippen molar-refractivity contribution in [2.75, 3.05) is 0 Å². The Labute approximate surface area is 89.2 Å². The van der Waals surface area contributed by atoms with E-state index in [1.54, 1.807) is 0 Å². The Morgan fingerprint density at radius 2 is 1.71 bits per heavy atom. The molecule has 84 valence electrons. The monoisotopic (exact) mass is 198 g/mol. The maximum absolute atomic E-state index is 5.96. The summed E-state index contributed by atoms with van der Waals surface area (Å²) in [5.41, 5.74) is 0. The van der Waals surface area contributed by atoms with E-state index in [0.29, 0.717) is 12.2 Å². The van der Waals surface area contributed by atoms with E-state index >= 15 is 0 Å². The molecule has 0 unspecified atom stereocenters. The Bertz CT molecular complexity index is 147. The fourth-order valence-electron chi connectivity index (χ4n) is 1.96. The van der Waals surface area contributed by atoms with Crippen molar-refractivity contribution in [1.29, 1.82) is 0 Å². The van der Waals surface area contributed by atoms with Gasteiger partial charge in [0.05, 0.1) is 12.2 Å². The standard InChI is InChI=1S/C13H26O/c1-10(2)6-5-7-13(12-8-9-12)14-11(3)4/h10-13H,5-9H2,1-4H3/t13-/m0/s1. The summed E-state index contributed by atoms with van der Waals surface area (Å²) < 4.78 is 5.96. The van der Waals surface area contributed by atoms with Crippen molar-refractivity contribution >= 4 is 0 Å². The van der Waals surface area contributed by atoms with Gasteiger partial charge in [0.1, 0.15) is 0 Å². The van der Waals surface area contributed by atoms with E-state index < -0.39 is 0 Å². The molecule has 0 N–H and O–H groups in total. The molecule has 1 aliphatic rings. The summed E-state index contributed by atoms with van der Waals surface area (Å²) in [5, 5.41) is 0. The van der Waals surface area contributed by atoms with E-state index in [1.165, 1.54) is 32.1 Å². The second kappa shape index (κ2) is 5.75. The largest absolute Gasteiger partial charge is 0.375 e. The minimum Gasteiger partial charge on any atom is -0.375 e. The van der Waals surface area contributed by atoms with Gasteiger partial charge in [0.2, 0.25) is 0 Å². The molecule has 1 fully saturated rings. The van der Waals surface area contributed by atoms with Gasteiger partial charge in [0.25, 0.3) is 0 Å². The summed E-state index contributed by atoms with van der Waals surface area (Å²) >= 11 is 0. The molecule has 0 bridgehead atoms. The van der Waals surface area contributed by atoms with Crippen LogP contribution in [0.5, 0.6) is 0 Å². The van der Waals surface area contributed by atoms with Crippen LogP contribution in [0.3, 0.4) is 0 Å². The second-order valence-electron chi connectivity index (χ2n) is 5.39. The first-order chi connectivity index (χ1) is 6.59. The van der Waals surface area contributed by atoms with E-state index in [9.17, 15) is 0 Å². The summed E-state index contributed by atoms with van der Waals surface area (Å²) in [4.78, 5) is 0. The molecule has 1 nitrogen and oxygen atoms in total. The molecule has 0 amide bonds. The van der Waals surface area contributed by atoms with Crippen molar-refractivity contribution < 1.29 is 4.74 Å². The van der Waals surface area contributed by atoms with Gasteiger partial charge in [-0.05, 0) is 44.9 Å². The molecule has 1 heteroatoms. The SMILES string of the molecule is CC(C)CCC[C@H](OC(C)C)C1CC1. The molecule has 0 heterocycles. The van der Waals surface area contributed by atoms with Crippen LogP contribution < -0.4 is 0 Å². The fraction of sp³-hybridized carbons (Fsp3) is 1.00. The van der Waals surface area contributed by atoms with Gasteiger partial charge in [-0.15, -0.1) is 0 Å². The number of rotatable bonds is 7. The van der Waals surface area contributed by atoms with Crippen LogP contribution in [-0.4, -0.2) is 12.2 Å². The van der Waals surface area contributed by atoms with Gasteiger partial charge in [0, 0.05) is 0 Å². The Morgan fingerprint density at radius 1 is 1.07 bits per heavy atom. The van der Waals surface area contributed by atoms with Crippen LogP contribution in [0.4, 0.5) is 0 Å². The molecule has 1 rings (SSSR count). The van der Waals surface area contributed by atoms with Gasteiger partial charge in [-0.1, -0.05) is 26.7 Å². The predicted molar refractivity (Wildman–Crippen MR) is 61.4 cm³/mol. The molecule has 0 saturated heterocycles. The van der Waals surface area contributed by atoms with E-state index in [1.807, 2.05) is 0 Å². The zero-order valence-corrected chi connectivity index (χ0v) is 10.3. The van der Waals surface area contributed by atoms with E-state index in [2.05, 4.69) is 27.7 Å². The van der Waals surface area contributed by atoms with Crippen LogP contribution in [-0.2, 0) is 4.74 Å². The molecular weight excluding hydrogens is 172 g/mol. The lowest BCUT2D eigenvalue weighted by Gasteiger charge is -2.20. The molecule has 0 radical (unpaired) electrons. The molecule has 0 aliphatic heterocycles. The third-order valence-electron chi connectivity index (χ3n) is 2.86. The molecular formula is C13H26O. The number of hydrogen-bond donors (Lipinski definition) is 0. The van der Waals surface area contributed by atoms with Crippen LogP contribution >= 0.6 is 0 Å². The van der Waals surface area contributed by atoms with E-state index in [-0.39, 0.29) is 0 Å². The number of hydrogen-bond acceptors (Lipinski definition) is 1. The zero-order chi connectivity index (χ0) is 10.6. The third kappa shape index (κ3) is 4.99. The molecule has 0 aromatic rings. The Hall–Kier alpha value is -0.0400. The average Bonchev–Trinajstić information content (AvgIpc) is 2.83. The van der Waals surface area contributed by atoms with Gasteiger partial charge in [-0.25, -0.2) is 0 Å². The minimum absolute atomic E-state index is 0.402.